The molecule has 0 radical (unpaired) electrons. The molecule has 3 N–H and O–H groups in total. The van der Waals surface area contributed by atoms with Crippen LogP contribution in [0, 0.1) is 0 Å². The second-order valence-electron chi connectivity index (χ2n) is 4.66. The highest BCUT2D eigenvalue weighted by Gasteiger charge is 2.36. The van der Waals surface area contributed by atoms with Gasteiger partial charge < -0.3 is 10.8 Å². The van der Waals surface area contributed by atoms with Crippen molar-refractivity contribution < 1.29 is 13.5 Å². The van der Waals surface area contributed by atoms with Crippen LogP contribution in [0.25, 0.3) is 0 Å². The Morgan fingerprint density at radius 3 is 2.39 bits per heavy atom. The summed E-state index contributed by atoms with van der Waals surface area (Å²) in [4.78, 5) is 0.959. The minimum atomic E-state index is -3.08. The molecular formula is C12H17NO3S2. The predicted octanol–water partition coefficient (Wildman–Crippen LogP) is 0.956. The largest absolute Gasteiger partial charge is 0.391 e. The summed E-state index contributed by atoms with van der Waals surface area (Å²) in [5, 5.41) is 9.44. The van der Waals surface area contributed by atoms with Gasteiger partial charge >= 0.3 is 0 Å². The third-order valence-electron chi connectivity index (χ3n) is 2.97. The third kappa shape index (κ3) is 3.26. The van der Waals surface area contributed by atoms with Crippen molar-refractivity contribution in [2.75, 3.05) is 11.5 Å². The minimum Gasteiger partial charge on any atom is -0.391 e. The lowest BCUT2D eigenvalue weighted by Gasteiger charge is -2.13. The quantitative estimate of drug-likeness (QED) is 0.865. The van der Waals surface area contributed by atoms with Gasteiger partial charge in [0.15, 0.2) is 9.84 Å². The molecule has 18 heavy (non-hydrogen) atoms. The maximum absolute atomic E-state index is 11.4. The lowest BCUT2D eigenvalue weighted by atomic mass is 10.1. The molecule has 100 valence electrons. The number of benzene rings is 1. The monoisotopic (exact) mass is 287 g/mol. The Labute approximate surface area is 111 Å². The number of rotatable bonds is 3. The molecule has 0 bridgehead atoms. The van der Waals surface area contributed by atoms with Crippen LogP contribution in [-0.4, -0.2) is 36.4 Å². The molecule has 1 aliphatic heterocycles. The van der Waals surface area contributed by atoms with Crippen LogP contribution in [0.4, 0.5) is 0 Å². The van der Waals surface area contributed by atoms with E-state index >= 15 is 0 Å². The molecule has 1 saturated heterocycles. The van der Waals surface area contributed by atoms with Gasteiger partial charge in [-0.3, -0.25) is 0 Å². The molecule has 1 fully saturated rings. The van der Waals surface area contributed by atoms with E-state index in [4.69, 9.17) is 5.73 Å². The molecule has 1 heterocycles. The summed E-state index contributed by atoms with van der Waals surface area (Å²) in [5.41, 5.74) is 6.80. The van der Waals surface area contributed by atoms with Gasteiger partial charge in [0.05, 0.1) is 22.9 Å². The van der Waals surface area contributed by atoms with E-state index in [9.17, 15) is 13.5 Å². The second-order valence-corrected chi connectivity index (χ2v) is 8.12. The normalized spacial score (nSPS) is 28.2. The van der Waals surface area contributed by atoms with E-state index in [1.54, 1.807) is 0 Å². The topological polar surface area (TPSA) is 80.4 Å². The summed E-state index contributed by atoms with van der Waals surface area (Å²) in [6, 6.07) is 7.69. The fourth-order valence-electron chi connectivity index (χ4n) is 1.93. The van der Waals surface area contributed by atoms with Gasteiger partial charge in [0.1, 0.15) is 0 Å². The zero-order chi connectivity index (χ0) is 13.3. The summed E-state index contributed by atoms with van der Waals surface area (Å²) in [7, 11) is -3.08. The molecule has 1 aromatic rings. The fourth-order valence-corrected chi connectivity index (χ4v) is 5.46. The zero-order valence-electron chi connectivity index (χ0n) is 10.1. The average molecular weight is 287 g/mol. The number of aliphatic hydroxyl groups is 1. The van der Waals surface area contributed by atoms with Crippen LogP contribution in [-0.2, 0) is 9.84 Å². The van der Waals surface area contributed by atoms with E-state index in [1.165, 1.54) is 11.8 Å². The van der Waals surface area contributed by atoms with Gasteiger partial charge in [-0.15, -0.1) is 11.8 Å². The van der Waals surface area contributed by atoms with Crippen LogP contribution < -0.4 is 5.73 Å². The summed E-state index contributed by atoms with van der Waals surface area (Å²) in [6.45, 7) is 1.91. The molecule has 2 rings (SSSR count). The third-order valence-corrected chi connectivity index (χ3v) is 6.22. The number of thioether (sulfide) groups is 1. The fraction of sp³-hybridized carbons (Fsp3) is 0.500. The van der Waals surface area contributed by atoms with Gasteiger partial charge in [0.2, 0.25) is 0 Å². The number of hydrogen-bond acceptors (Lipinski definition) is 5. The number of nitrogens with two attached hydrogens (primary N) is 1. The summed E-state index contributed by atoms with van der Waals surface area (Å²) >= 11 is 1.41. The van der Waals surface area contributed by atoms with Crippen LogP contribution in [0.3, 0.4) is 0 Å². The SMILES string of the molecule is CC(N)c1ccc(SC2CS(=O)(=O)CC2O)cc1. The summed E-state index contributed by atoms with van der Waals surface area (Å²) in [6.07, 6.45) is -0.770. The first-order valence-corrected chi connectivity index (χ1v) is 8.48. The van der Waals surface area contributed by atoms with Crippen LogP contribution in [0.1, 0.15) is 18.5 Å². The molecular weight excluding hydrogens is 270 g/mol. The molecule has 6 heteroatoms. The van der Waals surface area contributed by atoms with Crippen molar-refractivity contribution in [1.82, 2.24) is 0 Å². The zero-order valence-corrected chi connectivity index (χ0v) is 11.7. The van der Waals surface area contributed by atoms with Gasteiger partial charge in [-0.1, -0.05) is 12.1 Å². The molecule has 3 atom stereocenters. The standard InChI is InChI=1S/C12H17NO3S2/c1-8(13)9-2-4-10(5-3-9)17-12-7-18(15,16)6-11(12)14/h2-5,8,11-12,14H,6-7,13H2,1H3. The molecule has 0 saturated carbocycles. The maximum Gasteiger partial charge on any atom is 0.154 e. The van der Waals surface area contributed by atoms with E-state index < -0.39 is 15.9 Å². The lowest BCUT2D eigenvalue weighted by molar-refractivity contribution is 0.207. The highest BCUT2D eigenvalue weighted by Crippen LogP contribution is 2.31. The van der Waals surface area contributed by atoms with Crippen LogP contribution in [0.15, 0.2) is 29.2 Å². The Hall–Kier alpha value is -0.560. The van der Waals surface area contributed by atoms with Crippen molar-refractivity contribution in [2.45, 2.75) is 29.2 Å². The van der Waals surface area contributed by atoms with Crippen LogP contribution >= 0.6 is 11.8 Å². The molecule has 1 aliphatic rings. The van der Waals surface area contributed by atoms with E-state index in [0.717, 1.165) is 10.5 Å². The predicted molar refractivity (Wildman–Crippen MR) is 73.4 cm³/mol. The molecule has 0 aliphatic carbocycles. The molecule has 4 nitrogen and oxygen atoms in total. The smallest absolute Gasteiger partial charge is 0.154 e. The Balaban J connectivity index is 2.06. The Bertz CT molecular complexity index is 511. The Morgan fingerprint density at radius 2 is 1.94 bits per heavy atom. The molecule has 0 aromatic heterocycles. The number of hydrogen-bond donors (Lipinski definition) is 2. The van der Waals surface area contributed by atoms with Crippen molar-refractivity contribution in [3.8, 4) is 0 Å². The van der Waals surface area contributed by atoms with Crippen LogP contribution in [0.2, 0.25) is 0 Å². The highest BCUT2D eigenvalue weighted by atomic mass is 32.2. The number of sulfone groups is 1. The first-order chi connectivity index (χ1) is 8.37. The van der Waals surface area contributed by atoms with Gasteiger partial charge in [-0.25, -0.2) is 8.42 Å². The second kappa shape index (κ2) is 5.21. The molecule has 3 unspecified atom stereocenters. The molecule has 0 spiro atoms. The molecule has 0 amide bonds. The van der Waals surface area contributed by atoms with Crippen molar-refractivity contribution in [3.05, 3.63) is 29.8 Å². The van der Waals surface area contributed by atoms with Crippen molar-refractivity contribution in [2.24, 2.45) is 5.73 Å². The van der Waals surface area contributed by atoms with Crippen molar-refractivity contribution in [3.63, 3.8) is 0 Å². The Kier molecular flexibility index (Phi) is 4.01. The Morgan fingerprint density at radius 1 is 1.33 bits per heavy atom. The lowest BCUT2D eigenvalue weighted by Crippen LogP contribution is -2.19. The van der Waals surface area contributed by atoms with Crippen LogP contribution in [0.5, 0.6) is 0 Å². The van der Waals surface area contributed by atoms with E-state index in [-0.39, 0.29) is 22.8 Å². The highest BCUT2D eigenvalue weighted by molar-refractivity contribution is 8.02. The molecule has 1 aromatic carbocycles. The summed E-state index contributed by atoms with van der Waals surface area (Å²) < 4.78 is 22.8. The average Bonchev–Trinajstić information content (AvgIpc) is 2.52. The maximum atomic E-state index is 11.4. The number of aliphatic hydroxyl groups excluding tert-OH is 1. The first-order valence-electron chi connectivity index (χ1n) is 5.78. The van der Waals surface area contributed by atoms with Gasteiger partial charge in [-0.2, -0.15) is 0 Å². The first kappa shape index (κ1) is 13.9. The van der Waals surface area contributed by atoms with E-state index in [2.05, 4.69) is 0 Å². The van der Waals surface area contributed by atoms with Gasteiger partial charge in [0.25, 0.3) is 0 Å². The van der Waals surface area contributed by atoms with Crippen molar-refractivity contribution in [1.29, 1.82) is 0 Å². The van der Waals surface area contributed by atoms with E-state index in [1.807, 2.05) is 31.2 Å². The van der Waals surface area contributed by atoms with E-state index in [0.29, 0.717) is 0 Å². The van der Waals surface area contributed by atoms with Crippen molar-refractivity contribution >= 4 is 21.6 Å². The summed E-state index contributed by atoms with van der Waals surface area (Å²) in [5.74, 6) is -0.0730. The van der Waals surface area contributed by atoms with Gasteiger partial charge in [0, 0.05) is 10.9 Å². The van der Waals surface area contributed by atoms with Gasteiger partial charge in [-0.05, 0) is 24.6 Å². The minimum absolute atomic E-state index is 0.0125.